The van der Waals surface area contributed by atoms with Gasteiger partial charge in [-0.25, -0.2) is 0 Å². The first-order chi connectivity index (χ1) is 8.78. The lowest BCUT2D eigenvalue weighted by Gasteiger charge is -2.22. The van der Waals surface area contributed by atoms with Gasteiger partial charge >= 0.3 is 0 Å². The highest BCUT2D eigenvalue weighted by Gasteiger charge is 2.15. The van der Waals surface area contributed by atoms with Crippen LogP contribution in [0.25, 0.3) is 0 Å². The lowest BCUT2D eigenvalue weighted by atomic mass is 9.85. The van der Waals surface area contributed by atoms with Crippen LogP contribution in [-0.4, -0.2) is 6.04 Å². The van der Waals surface area contributed by atoms with Crippen LogP contribution in [0.5, 0.6) is 0 Å². The molecule has 1 aromatic heterocycles. The number of hydrogen-bond acceptors (Lipinski definition) is 2. The first kappa shape index (κ1) is 14.1. The molecule has 18 heavy (non-hydrogen) atoms. The normalized spacial score (nSPS) is 19.0. The van der Waals surface area contributed by atoms with Crippen molar-refractivity contribution < 1.29 is 0 Å². The van der Waals surface area contributed by atoms with Gasteiger partial charge in [-0.15, -0.1) is 11.3 Å². The third kappa shape index (κ3) is 4.40. The minimum Gasteiger partial charge on any atom is -0.327 e. The molecule has 0 saturated heterocycles. The minimum atomic E-state index is 0.371. The summed E-state index contributed by atoms with van der Waals surface area (Å²) in [6.07, 6.45) is 12.1. The van der Waals surface area contributed by atoms with Gasteiger partial charge in [0.15, 0.2) is 0 Å². The van der Waals surface area contributed by atoms with Crippen LogP contribution < -0.4 is 5.73 Å². The van der Waals surface area contributed by atoms with E-state index < -0.39 is 0 Å². The van der Waals surface area contributed by atoms with E-state index in [4.69, 9.17) is 5.73 Å². The molecule has 0 radical (unpaired) electrons. The molecule has 1 aromatic rings. The summed E-state index contributed by atoms with van der Waals surface area (Å²) in [6, 6.07) is 4.90. The van der Waals surface area contributed by atoms with Gasteiger partial charge in [0.1, 0.15) is 0 Å². The largest absolute Gasteiger partial charge is 0.327 e. The van der Waals surface area contributed by atoms with Gasteiger partial charge in [-0.3, -0.25) is 0 Å². The summed E-state index contributed by atoms with van der Waals surface area (Å²) in [5.74, 6) is 0.972. The molecule has 1 aliphatic rings. The van der Waals surface area contributed by atoms with Crippen molar-refractivity contribution in [2.24, 2.45) is 11.7 Å². The molecule has 1 saturated carbocycles. The fourth-order valence-electron chi connectivity index (χ4n) is 3.01. The monoisotopic (exact) mass is 265 g/mol. The maximum atomic E-state index is 6.28. The maximum Gasteiger partial charge on any atom is 0.00872 e. The molecule has 0 aromatic carbocycles. The molecule has 2 rings (SSSR count). The van der Waals surface area contributed by atoms with E-state index in [0.717, 1.165) is 18.8 Å². The van der Waals surface area contributed by atoms with E-state index in [0.29, 0.717) is 6.04 Å². The molecule has 102 valence electrons. The highest BCUT2D eigenvalue weighted by molar-refractivity contribution is 7.11. The second-order valence-corrected chi connectivity index (χ2v) is 7.02. The van der Waals surface area contributed by atoms with Crippen LogP contribution in [0.15, 0.2) is 12.1 Å². The summed E-state index contributed by atoms with van der Waals surface area (Å²) in [5.41, 5.74) is 6.28. The Morgan fingerprint density at radius 1 is 1.22 bits per heavy atom. The van der Waals surface area contributed by atoms with Crippen LogP contribution in [0.4, 0.5) is 0 Å². The molecule has 0 bridgehead atoms. The summed E-state index contributed by atoms with van der Waals surface area (Å²) < 4.78 is 0. The molecule has 0 amide bonds. The van der Waals surface area contributed by atoms with E-state index in [9.17, 15) is 0 Å². The molecule has 2 heteroatoms. The van der Waals surface area contributed by atoms with Gasteiger partial charge in [-0.2, -0.15) is 0 Å². The quantitative estimate of drug-likeness (QED) is 0.803. The van der Waals surface area contributed by atoms with Crippen molar-refractivity contribution in [2.45, 2.75) is 70.8 Å². The zero-order chi connectivity index (χ0) is 12.8. The van der Waals surface area contributed by atoms with Gasteiger partial charge in [-0.05, 0) is 43.7 Å². The van der Waals surface area contributed by atoms with Crippen LogP contribution >= 0.6 is 11.3 Å². The van der Waals surface area contributed by atoms with Crippen LogP contribution in [0, 0.1) is 5.92 Å². The topological polar surface area (TPSA) is 26.0 Å². The van der Waals surface area contributed by atoms with Crippen molar-refractivity contribution in [2.75, 3.05) is 0 Å². The fourth-order valence-corrected chi connectivity index (χ4v) is 4.06. The van der Waals surface area contributed by atoms with Crippen LogP contribution in [0.3, 0.4) is 0 Å². The summed E-state index contributed by atoms with van der Waals surface area (Å²) in [5, 5.41) is 0. The Balaban J connectivity index is 1.69. The van der Waals surface area contributed by atoms with Gasteiger partial charge < -0.3 is 5.73 Å². The molecule has 0 spiro atoms. The van der Waals surface area contributed by atoms with Crippen LogP contribution in [0.1, 0.15) is 61.6 Å². The second kappa shape index (κ2) is 7.30. The smallest absolute Gasteiger partial charge is 0.00872 e. The Labute approximate surface area is 116 Å². The third-order valence-corrected chi connectivity index (χ3v) is 5.45. The Morgan fingerprint density at radius 2 is 1.94 bits per heavy atom. The molecule has 1 unspecified atom stereocenters. The Bertz CT molecular complexity index is 339. The number of aryl methyl sites for hydroxylation is 1. The lowest BCUT2D eigenvalue weighted by Crippen LogP contribution is -2.23. The first-order valence-electron chi connectivity index (χ1n) is 7.61. The maximum absolute atomic E-state index is 6.28. The Kier molecular flexibility index (Phi) is 5.71. The van der Waals surface area contributed by atoms with Gasteiger partial charge in [-0.1, -0.05) is 39.0 Å². The van der Waals surface area contributed by atoms with Crippen molar-refractivity contribution in [3.63, 3.8) is 0 Å². The highest BCUT2D eigenvalue weighted by atomic mass is 32.1. The average Bonchev–Trinajstić information content (AvgIpc) is 2.85. The predicted molar refractivity (Wildman–Crippen MR) is 81.2 cm³/mol. The van der Waals surface area contributed by atoms with E-state index in [1.807, 2.05) is 11.3 Å². The van der Waals surface area contributed by atoms with E-state index in [1.54, 1.807) is 0 Å². The van der Waals surface area contributed by atoms with Gasteiger partial charge in [0.2, 0.25) is 0 Å². The van der Waals surface area contributed by atoms with E-state index in [1.165, 1.54) is 54.7 Å². The van der Waals surface area contributed by atoms with Crippen LogP contribution in [0.2, 0.25) is 0 Å². The molecular weight excluding hydrogens is 238 g/mol. The zero-order valence-electron chi connectivity index (χ0n) is 11.7. The summed E-state index contributed by atoms with van der Waals surface area (Å²) in [6.45, 7) is 2.22. The summed E-state index contributed by atoms with van der Waals surface area (Å²) >= 11 is 1.94. The van der Waals surface area contributed by atoms with Crippen molar-refractivity contribution in [3.8, 4) is 0 Å². The number of hydrogen-bond donors (Lipinski definition) is 1. The molecule has 1 nitrogen and oxygen atoms in total. The first-order valence-corrected chi connectivity index (χ1v) is 8.42. The molecule has 2 N–H and O–H groups in total. The number of rotatable bonds is 6. The van der Waals surface area contributed by atoms with Crippen molar-refractivity contribution in [3.05, 3.63) is 21.9 Å². The SMILES string of the molecule is CCc1ccc(CC(N)CCC2CCCCC2)s1. The Morgan fingerprint density at radius 3 is 2.61 bits per heavy atom. The molecule has 1 atom stereocenters. The zero-order valence-corrected chi connectivity index (χ0v) is 12.5. The Hall–Kier alpha value is -0.340. The fraction of sp³-hybridized carbons (Fsp3) is 0.750. The predicted octanol–water partition coefficient (Wildman–Crippen LogP) is 4.54. The van der Waals surface area contributed by atoms with Crippen molar-refractivity contribution in [1.82, 2.24) is 0 Å². The number of nitrogens with two attached hydrogens (primary N) is 1. The van der Waals surface area contributed by atoms with Gasteiger partial charge in [0.05, 0.1) is 0 Å². The minimum absolute atomic E-state index is 0.371. The molecule has 1 fully saturated rings. The van der Waals surface area contributed by atoms with E-state index >= 15 is 0 Å². The highest BCUT2D eigenvalue weighted by Crippen LogP contribution is 2.28. The van der Waals surface area contributed by atoms with Crippen LogP contribution in [-0.2, 0) is 12.8 Å². The second-order valence-electron chi connectivity index (χ2n) is 5.77. The van der Waals surface area contributed by atoms with Crippen molar-refractivity contribution >= 4 is 11.3 Å². The van der Waals surface area contributed by atoms with Gasteiger partial charge in [0, 0.05) is 15.8 Å². The van der Waals surface area contributed by atoms with E-state index in [2.05, 4.69) is 19.1 Å². The van der Waals surface area contributed by atoms with Crippen molar-refractivity contribution in [1.29, 1.82) is 0 Å². The molecular formula is C16H27NS. The number of thiophene rings is 1. The van der Waals surface area contributed by atoms with E-state index in [-0.39, 0.29) is 0 Å². The molecule has 0 aliphatic heterocycles. The summed E-state index contributed by atoms with van der Waals surface area (Å²) in [4.78, 5) is 2.97. The summed E-state index contributed by atoms with van der Waals surface area (Å²) in [7, 11) is 0. The molecule has 1 heterocycles. The third-order valence-electron chi connectivity index (χ3n) is 4.20. The molecule has 1 aliphatic carbocycles. The van der Waals surface area contributed by atoms with Gasteiger partial charge in [0.25, 0.3) is 0 Å². The average molecular weight is 265 g/mol. The lowest BCUT2D eigenvalue weighted by molar-refractivity contribution is 0.323. The standard InChI is InChI=1S/C16H27NS/c1-2-15-10-11-16(18-15)12-14(17)9-8-13-6-4-3-5-7-13/h10-11,13-14H,2-9,12,17H2,1H3.